The van der Waals surface area contributed by atoms with Crippen molar-refractivity contribution in [2.45, 2.75) is 6.92 Å². The molecule has 3 nitrogen and oxygen atoms in total. The number of benzene rings is 2. The highest BCUT2D eigenvalue weighted by molar-refractivity contribution is 6.04. The maximum absolute atomic E-state index is 12.1. The van der Waals surface area contributed by atoms with Crippen LogP contribution in [0.15, 0.2) is 54.6 Å². The van der Waals surface area contributed by atoms with Gasteiger partial charge in [0.2, 0.25) is 0 Å². The second kappa shape index (κ2) is 6.05. The van der Waals surface area contributed by atoms with Gasteiger partial charge in [0.1, 0.15) is 0 Å². The molecule has 0 radical (unpaired) electrons. The molecule has 0 aliphatic heterocycles. The average molecular weight is 254 g/mol. The van der Waals surface area contributed by atoms with Gasteiger partial charge in [0.15, 0.2) is 0 Å². The van der Waals surface area contributed by atoms with E-state index in [2.05, 4.69) is 17.1 Å². The first kappa shape index (κ1) is 13.1. The summed E-state index contributed by atoms with van der Waals surface area (Å²) in [7, 11) is 2.01. The van der Waals surface area contributed by atoms with Crippen molar-refractivity contribution in [3.63, 3.8) is 0 Å². The van der Waals surface area contributed by atoms with Crippen LogP contribution >= 0.6 is 0 Å². The molecule has 1 amide bonds. The number of carbonyl (C=O) groups excluding carboxylic acids is 1. The molecule has 0 bridgehead atoms. The van der Waals surface area contributed by atoms with Gasteiger partial charge in [-0.2, -0.15) is 0 Å². The number of nitrogens with one attached hydrogen (secondary N) is 1. The molecule has 2 aromatic carbocycles. The summed E-state index contributed by atoms with van der Waals surface area (Å²) in [6.07, 6.45) is 0. The Kier molecular flexibility index (Phi) is 4.18. The van der Waals surface area contributed by atoms with Crippen LogP contribution in [-0.2, 0) is 0 Å². The molecule has 0 fully saturated rings. The molecule has 0 heterocycles. The van der Waals surface area contributed by atoms with Crippen LogP contribution in [0.25, 0.3) is 0 Å². The third-order valence-electron chi connectivity index (χ3n) is 3.06. The molecule has 0 saturated heterocycles. The largest absolute Gasteiger partial charge is 0.375 e. The number of hydrogen-bond acceptors (Lipinski definition) is 2. The SMILES string of the molecule is CCN(C)c1cccc(C(=O)Nc2ccccc2)c1. The molecular weight excluding hydrogens is 236 g/mol. The van der Waals surface area contributed by atoms with Crippen molar-refractivity contribution < 1.29 is 4.79 Å². The van der Waals surface area contributed by atoms with Crippen LogP contribution in [0.4, 0.5) is 11.4 Å². The topological polar surface area (TPSA) is 32.3 Å². The van der Waals surface area contributed by atoms with Crippen molar-refractivity contribution in [1.82, 2.24) is 0 Å². The van der Waals surface area contributed by atoms with E-state index in [0.29, 0.717) is 5.56 Å². The highest BCUT2D eigenvalue weighted by Gasteiger charge is 2.07. The molecule has 2 aromatic rings. The lowest BCUT2D eigenvalue weighted by Crippen LogP contribution is -2.17. The number of carbonyl (C=O) groups is 1. The van der Waals surface area contributed by atoms with Gasteiger partial charge in [-0.25, -0.2) is 0 Å². The molecule has 98 valence electrons. The van der Waals surface area contributed by atoms with Gasteiger partial charge in [-0.05, 0) is 37.3 Å². The van der Waals surface area contributed by atoms with Crippen molar-refractivity contribution in [3.8, 4) is 0 Å². The van der Waals surface area contributed by atoms with Gasteiger partial charge in [0, 0.05) is 30.5 Å². The second-order valence-corrected chi connectivity index (χ2v) is 4.38. The quantitative estimate of drug-likeness (QED) is 0.907. The normalized spacial score (nSPS) is 10.0. The minimum Gasteiger partial charge on any atom is -0.375 e. The molecule has 0 aliphatic rings. The number of para-hydroxylation sites is 1. The molecule has 0 atom stereocenters. The van der Waals surface area contributed by atoms with Crippen molar-refractivity contribution in [3.05, 3.63) is 60.2 Å². The Balaban J connectivity index is 2.15. The fraction of sp³-hybridized carbons (Fsp3) is 0.188. The predicted molar refractivity (Wildman–Crippen MR) is 79.8 cm³/mol. The van der Waals surface area contributed by atoms with Crippen LogP contribution in [0.5, 0.6) is 0 Å². The van der Waals surface area contributed by atoms with Gasteiger partial charge in [-0.1, -0.05) is 24.3 Å². The summed E-state index contributed by atoms with van der Waals surface area (Å²) in [6, 6.07) is 17.1. The van der Waals surface area contributed by atoms with Gasteiger partial charge in [-0.3, -0.25) is 4.79 Å². The number of anilines is 2. The first-order valence-corrected chi connectivity index (χ1v) is 6.38. The number of rotatable bonds is 4. The Morgan fingerprint density at radius 2 is 1.84 bits per heavy atom. The monoisotopic (exact) mass is 254 g/mol. The Morgan fingerprint density at radius 1 is 1.11 bits per heavy atom. The van der Waals surface area contributed by atoms with Crippen molar-refractivity contribution in [1.29, 1.82) is 0 Å². The summed E-state index contributed by atoms with van der Waals surface area (Å²) in [5.74, 6) is -0.0856. The first-order valence-electron chi connectivity index (χ1n) is 6.38. The van der Waals surface area contributed by atoms with Crippen molar-refractivity contribution in [2.24, 2.45) is 0 Å². The number of nitrogens with zero attached hydrogens (tertiary/aromatic N) is 1. The van der Waals surface area contributed by atoms with Crippen LogP contribution < -0.4 is 10.2 Å². The lowest BCUT2D eigenvalue weighted by Gasteiger charge is -2.17. The van der Waals surface area contributed by atoms with Gasteiger partial charge in [-0.15, -0.1) is 0 Å². The second-order valence-electron chi connectivity index (χ2n) is 4.38. The maximum Gasteiger partial charge on any atom is 0.255 e. The van der Waals surface area contributed by atoms with E-state index >= 15 is 0 Å². The molecule has 3 heteroatoms. The molecule has 19 heavy (non-hydrogen) atoms. The smallest absolute Gasteiger partial charge is 0.255 e. The summed E-state index contributed by atoms with van der Waals surface area (Å²) in [5.41, 5.74) is 2.52. The fourth-order valence-electron chi connectivity index (χ4n) is 1.79. The van der Waals surface area contributed by atoms with Crippen LogP contribution in [0.3, 0.4) is 0 Å². The van der Waals surface area contributed by atoms with Crippen LogP contribution in [0.1, 0.15) is 17.3 Å². The van der Waals surface area contributed by atoms with Gasteiger partial charge < -0.3 is 10.2 Å². The van der Waals surface area contributed by atoms with E-state index in [-0.39, 0.29) is 5.91 Å². The summed E-state index contributed by atoms with van der Waals surface area (Å²) in [4.78, 5) is 14.2. The van der Waals surface area contributed by atoms with E-state index in [1.165, 1.54) is 0 Å². The van der Waals surface area contributed by atoms with E-state index in [1.54, 1.807) is 0 Å². The van der Waals surface area contributed by atoms with E-state index in [9.17, 15) is 4.79 Å². The Hall–Kier alpha value is -2.29. The first-order chi connectivity index (χ1) is 9.20. The molecule has 0 aromatic heterocycles. The molecule has 0 unspecified atom stereocenters. The molecule has 0 saturated carbocycles. The van der Waals surface area contributed by atoms with Crippen LogP contribution in [0, 0.1) is 0 Å². The minimum atomic E-state index is -0.0856. The Bertz CT molecular complexity index is 552. The summed E-state index contributed by atoms with van der Waals surface area (Å²) >= 11 is 0. The lowest BCUT2D eigenvalue weighted by molar-refractivity contribution is 0.102. The van der Waals surface area contributed by atoms with Gasteiger partial charge >= 0.3 is 0 Å². The van der Waals surface area contributed by atoms with Crippen molar-refractivity contribution >= 4 is 17.3 Å². The number of amides is 1. The third kappa shape index (κ3) is 3.35. The maximum atomic E-state index is 12.1. The zero-order valence-corrected chi connectivity index (χ0v) is 11.3. The predicted octanol–water partition coefficient (Wildman–Crippen LogP) is 3.40. The molecule has 0 aliphatic carbocycles. The lowest BCUT2D eigenvalue weighted by atomic mass is 10.1. The van der Waals surface area contributed by atoms with Crippen LogP contribution in [0.2, 0.25) is 0 Å². The van der Waals surface area contributed by atoms with E-state index in [4.69, 9.17) is 0 Å². The fourth-order valence-corrected chi connectivity index (χ4v) is 1.79. The summed E-state index contributed by atoms with van der Waals surface area (Å²) in [6.45, 7) is 2.99. The van der Waals surface area contributed by atoms with E-state index in [0.717, 1.165) is 17.9 Å². The van der Waals surface area contributed by atoms with E-state index in [1.807, 2.05) is 61.6 Å². The number of hydrogen-bond donors (Lipinski definition) is 1. The standard InChI is InChI=1S/C16H18N2O/c1-3-18(2)15-11-7-8-13(12-15)16(19)17-14-9-5-4-6-10-14/h4-12H,3H2,1-2H3,(H,17,19). The van der Waals surface area contributed by atoms with Gasteiger partial charge in [0.25, 0.3) is 5.91 Å². The molecule has 2 rings (SSSR count). The third-order valence-corrected chi connectivity index (χ3v) is 3.06. The zero-order valence-electron chi connectivity index (χ0n) is 11.3. The highest BCUT2D eigenvalue weighted by atomic mass is 16.1. The highest BCUT2D eigenvalue weighted by Crippen LogP contribution is 2.16. The molecule has 1 N–H and O–H groups in total. The van der Waals surface area contributed by atoms with Crippen LogP contribution in [-0.4, -0.2) is 19.5 Å². The Labute approximate surface area is 113 Å². The van der Waals surface area contributed by atoms with E-state index < -0.39 is 0 Å². The Morgan fingerprint density at radius 3 is 2.53 bits per heavy atom. The minimum absolute atomic E-state index is 0.0856. The zero-order chi connectivity index (χ0) is 13.7. The molecular formula is C16H18N2O. The van der Waals surface area contributed by atoms with Gasteiger partial charge in [0.05, 0.1) is 0 Å². The van der Waals surface area contributed by atoms with Crippen molar-refractivity contribution in [2.75, 3.05) is 23.8 Å². The summed E-state index contributed by atoms with van der Waals surface area (Å²) in [5, 5.41) is 2.88. The average Bonchev–Trinajstić information content (AvgIpc) is 2.47. The summed E-state index contributed by atoms with van der Waals surface area (Å²) < 4.78 is 0. The molecule has 0 spiro atoms.